The molecule has 0 radical (unpaired) electrons. The lowest BCUT2D eigenvalue weighted by atomic mass is 10.1. The van der Waals surface area contributed by atoms with E-state index in [1.807, 2.05) is 11.4 Å². The Kier molecular flexibility index (Phi) is 5.68. The summed E-state index contributed by atoms with van der Waals surface area (Å²) in [6.07, 6.45) is 0.930. The van der Waals surface area contributed by atoms with E-state index in [1.54, 1.807) is 40.5 Å². The molecule has 2 amide bonds. The van der Waals surface area contributed by atoms with Gasteiger partial charge in [0.2, 0.25) is 11.8 Å². The summed E-state index contributed by atoms with van der Waals surface area (Å²) in [4.78, 5) is 38.6. The van der Waals surface area contributed by atoms with Gasteiger partial charge in [0.25, 0.3) is 0 Å². The minimum atomic E-state index is -0.959. The van der Waals surface area contributed by atoms with Crippen molar-refractivity contribution in [3.63, 3.8) is 0 Å². The van der Waals surface area contributed by atoms with E-state index in [0.29, 0.717) is 24.3 Å². The summed E-state index contributed by atoms with van der Waals surface area (Å²) in [5.74, 6) is -1.28. The lowest BCUT2D eigenvalue weighted by Gasteiger charge is -2.27. The van der Waals surface area contributed by atoms with Gasteiger partial charge in [-0.3, -0.25) is 14.4 Å². The quantitative estimate of drug-likeness (QED) is 0.816. The first-order valence-electron chi connectivity index (χ1n) is 8.45. The predicted octanol–water partition coefficient (Wildman–Crippen LogP) is 2.68. The first-order chi connectivity index (χ1) is 12.5. The molecule has 136 valence electrons. The molecule has 0 fully saturated rings. The summed E-state index contributed by atoms with van der Waals surface area (Å²) in [6.45, 7) is 1.30. The average molecular weight is 372 g/mol. The molecule has 6 nitrogen and oxygen atoms in total. The molecule has 0 bridgehead atoms. The summed E-state index contributed by atoms with van der Waals surface area (Å²) in [7, 11) is 0. The monoisotopic (exact) mass is 372 g/mol. The van der Waals surface area contributed by atoms with Crippen LogP contribution in [-0.4, -0.2) is 34.3 Å². The van der Waals surface area contributed by atoms with Crippen LogP contribution in [-0.2, 0) is 33.8 Å². The third-order valence-electron chi connectivity index (χ3n) is 4.36. The van der Waals surface area contributed by atoms with Crippen LogP contribution in [0.1, 0.15) is 28.8 Å². The Balaban J connectivity index is 1.52. The number of nitrogens with zero attached hydrogens (tertiary/aromatic N) is 1. The minimum Gasteiger partial charge on any atom is -0.481 e. The van der Waals surface area contributed by atoms with Gasteiger partial charge < -0.3 is 15.3 Å². The van der Waals surface area contributed by atoms with Crippen LogP contribution in [0.15, 0.2) is 35.7 Å². The molecule has 1 aromatic carbocycles. The number of carboxylic acids is 1. The van der Waals surface area contributed by atoms with Gasteiger partial charge in [-0.2, -0.15) is 0 Å². The molecule has 1 aliphatic rings. The maximum atomic E-state index is 12.4. The van der Waals surface area contributed by atoms with Gasteiger partial charge in [0.15, 0.2) is 0 Å². The molecular formula is C19H20N2O4S. The van der Waals surface area contributed by atoms with E-state index < -0.39 is 5.97 Å². The Bertz CT molecular complexity index is 830. The summed E-state index contributed by atoms with van der Waals surface area (Å²) in [5, 5.41) is 13.7. The third-order valence-corrected chi connectivity index (χ3v) is 5.38. The lowest BCUT2D eigenvalue weighted by Crippen LogP contribution is -2.35. The second-order valence-electron chi connectivity index (χ2n) is 6.21. The maximum Gasteiger partial charge on any atom is 0.307 e. The molecule has 0 spiro atoms. The first kappa shape index (κ1) is 18.1. The van der Waals surface area contributed by atoms with E-state index in [1.165, 1.54) is 10.4 Å². The Morgan fingerprint density at radius 1 is 1.15 bits per heavy atom. The van der Waals surface area contributed by atoms with E-state index in [0.717, 1.165) is 6.42 Å². The predicted molar refractivity (Wildman–Crippen MR) is 99.1 cm³/mol. The van der Waals surface area contributed by atoms with Crippen LogP contribution >= 0.6 is 11.3 Å². The normalized spacial score (nSPS) is 13.2. The van der Waals surface area contributed by atoms with Crippen LogP contribution in [0.25, 0.3) is 0 Å². The number of anilines is 1. The number of thiophene rings is 1. The van der Waals surface area contributed by atoms with Gasteiger partial charge in [0, 0.05) is 36.5 Å². The van der Waals surface area contributed by atoms with Gasteiger partial charge in [-0.25, -0.2) is 0 Å². The number of hydrogen-bond donors (Lipinski definition) is 2. The van der Waals surface area contributed by atoms with E-state index in [9.17, 15) is 14.4 Å². The van der Waals surface area contributed by atoms with Crippen molar-refractivity contribution in [3.05, 3.63) is 51.7 Å². The molecule has 3 rings (SSSR count). The van der Waals surface area contributed by atoms with Crippen molar-refractivity contribution in [2.75, 3.05) is 11.9 Å². The fourth-order valence-electron chi connectivity index (χ4n) is 3.01. The largest absolute Gasteiger partial charge is 0.481 e. The Labute approximate surface area is 155 Å². The standard InChI is InChI=1S/C19H20N2O4S/c22-17(20-15-4-2-1-3-13(15)11-19(24)25)5-6-18(23)21-9-7-16-14(12-21)8-10-26-16/h1-4,8,10H,5-7,9,11-12H2,(H,20,22)(H,24,25). The number of fused-ring (bicyclic) bond motifs is 1. The van der Waals surface area contributed by atoms with Crippen molar-refractivity contribution in [3.8, 4) is 0 Å². The van der Waals surface area contributed by atoms with Gasteiger partial charge >= 0.3 is 5.97 Å². The topological polar surface area (TPSA) is 86.7 Å². The molecule has 2 aromatic rings. The SMILES string of the molecule is O=C(O)Cc1ccccc1NC(=O)CCC(=O)N1CCc2sccc2C1. The molecule has 26 heavy (non-hydrogen) atoms. The minimum absolute atomic E-state index is 0.0316. The van der Waals surface area contributed by atoms with Crippen molar-refractivity contribution < 1.29 is 19.5 Å². The number of carboxylic acid groups (broad SMARTS) is 1. The number of carbonyl (C=O) groups is 3. The second-order valence-corrected chi connectivity index (χ2v) is 7.21. The summed E-state index contributed by atoms with van der Waals surface area (Å²) >= 11 is 1.72. The summed E-state index contributed by atoms with van der Waals surface area (Å²) < 4.78 is 0. The van der Waals surface area contributed by atoms with Crippen LogP contribution in [0.3, 0.4) is 0 Å². The fraction of sp³-hybridized carbons (Fsp3) is 0.316. The average Bonchev–Trinajstić information content (AvgIpc) is 3.08. The lowest BCUT2D eigenvalue weighted by molar-refractivity contribution is -0.136. The highest BCUT2D eigenvalue weighted by Gasteiger charge is 2.22. The van der Waals surface area contributed by atoms with Crippen molar-refractivity contribution in [2.45, 2.75) is 32.2 Å². The van der Waals surface area contributed by atoms with Gasteiger partial charge in [-0.1, -0.05) is 18.2 Å². The number of nitrogens with one attached hydrogen (secondary N) is 1. The highest BCUT2D eigenvalue weighted by atomic mass is 32.1. The molecule has 2 heterocycles. The van der Waals surface area contributed by atoms with Crippen molar-refractivity contribution in [1.29, 1.82) is 0 Å². The second kappa shape index (κ2) is 8.14. The third kappa shape index (κ3) is 4.49. The van der Waals surface area contributed by atoms with E-state index in [2.05, 4.69) is 5.32 Å². The van der Waals surface area contributed by atoms with E-state index >= 15 is 0 Å². The first-order valence-corrected chi connectivity index (χ1v) is 9.33. The molecule has 7 heteroatoms. The van der Waals surface area contributed by atoms with Crippen LogP contribution in [0, 0.1) is 0 Å². The zero-order valence-electron chi connectivity index (χ0n) is 14.2. The summed E-state index contributed by atoms with van der Waals surface area (Å²) in [5.41, 5.74) is 2.22. The molecule has 0 saturated carbocycles. The molecular weight excluding hydrogens is 352 g/mol. The Morgan fingerprint density at radius 3 is 2.77 bits per heavy atom. The highest BCUT2D eigenvalue weighted by molar-refractivity contribution is 7.10. The van der Waals surface area contributed by atoms with Gasteiger partial charge in [-0.05, 0) is 35.1 Å². The fourth-order valence-corrected chi connectivity index (χ4v) is 3.90. The summed E-state index contributed by atoms with van der Waals surface area (Å²) in [6, 6.07) is 8.85. The van der Waals surface area contributed by atoms with Gasteiger partial charge in [0.1, 0.15) is 0 Å². The van der Waals surface area contributed by atoms with Crippen LogP contribution in [0.5, 0.6) is 0 Å². The van der Waals surface area contributed by atoms with E-state index in [4.69, 9.17) is 5.11 Å². The zero-order valence-corrected chi connectivity index (χ0v) is 15.1. The number of rotatable bonds is 6. The number of carbonyl (C=O) groups excluding carboxylic acids is 2. The molecule has 0 aliphatic carbocycles. The van der Waals surface area contributed by atoms with Gasteiger partial charge in [0.05, 0.1) is 6.42 Å². The molecule has 2 N–H and O–H groups in total. The molecule has 0 atom stereocenters. The smallest absolute Gasteiger partial charge is 0.307 e. The number of aliphatic carboxylic acids is 1. The highest BCUT2D eigenvalue weighted by Crippen LogP contribution is 2.24. The molecule has 1 aliphatic heterocycles. The van der Waals surface area contributed by atoms with Crippen LogP contribution < -0.4 is 5.32 Å². The van der Waals surface area contributed by atoms with Crippen molar-refractivity contribution in [1.82, 2.24) is 4.90 Å². The van der Waals surface area contributed by atoms with Gasteiger partial charge in [-0.15, -0.1) is 11.3 Å². The maximum absolute atomic E-state index is 12.4. The molecule has 0 saturated heterocycles. The number of benzene rings is 1. The number of hydrogen-bond acceptors (Lipinski definition) is 4. The zero-order chi connectivity index (χ0) is 18.5. The Hall–Kier alpha value is -2.67. The number of para-hydroxylation sites is 1. The Morgan fingerprint density at radius 2 is 1.96 bits per heavy atom. The number of amides is 2. The van der Waals surface area contributed by atoms with Crippen LogP contribution in [0.2, 0.25) is 0 Å². The van der Waals surface area contributed by atoms with Crippen LogP contribution in [0.4, 0.5) is 5.69 Å². The van der Waals surface area contributed by atoms with Crippen molar-refractivity contribution >= 4 is 34.8 Å². The van der Waals surface area contributed by atoms with E-state index in [-0.39, 0.29) is 31.1 Å². The van der Waals surface area contributed by atoms with Crippen molar-refractivity contribution in [2.24, 2.45) is 0 Å². The molecule has 0 unspecified atom stereocenters. The molecule has 1 aromatic heterocycles.